The summed E-state index contributed by atoms with van der Waals surface area (Å²) in [6, 6.07) is 6.78. The van der Waals surface area contributed by atoms with Crippen LogP contribution in [0.15, 0.2) is 41.5 Å². The Balaban J connectivity index is 1.81. The minimum atomic E-state index is -0.266. The van der Waals surface area contributed by atoms with Crippen molar-refractivity contribution in [2.45, 2.75) is 25.8 Å². The molecule has 0 saturated carbocycles. The van der Waals surface area contributed by atoms with Gasteiger partial charge in [0, 0.05) is 37.1 Å². The fraction of sp³-hybridized carbons (Fsp3) is 0.375. The molecule has 0 atom stereocenters. The van der Waals surface area contributed by atoms with Gasteiger partial charge in [-0.1, -0.05) is 0 Å². The van der Waals surface area contributed by atoms with Crippen LogP contribution < -0.4 is 5.56 Å². The first-order valence-electron chi connectivity index (χ1n) is 7.50. The van der Waals surface area contributed by atoms with E-state index in [1.54, 1.807) is 18.5 Å². The predicted molar refractivity (Wildman–Crippen MR) is 82.2 cm³/mol. The Kier molecular flexibility index (Phi) is 4.27. The number of aromatic nitrogens is 3. The third kappa shape index (κ3) is 3.21. The molecule has 1 saturated heterocycles. The number of pyridine rings is 1. The zero-order chi connectivity index (χ0) is 15.4. The van der Waals surface area contributed by atoms with Crippen molar-refractivity contribution in [3.63, 3.8) is 0 Å². The lowest BCUT2D eigenvalue weighted by molar-refractivity contribution is -0.133. The molecule has 2 aromatic heterocycles. The number of nitrogens with zero attached hydrogens (tertiary/aromatic N) is 4. The molecule has 3 heterocycles. The van der Waals surface area contributed by atoms with Crippen LogP contribution in [0.1, 0.15) is 19.3 Å². The van der Waals surface area contributed by atoms with E-state index >= 15 is 0 Å². The summed E-state index contributed by atoms with van der Waals surface area (Å²) in [5.41, 5.74) is 1.19. The average Bonchev–Trinajstić information content (AvgIpc) is 2.58. The predicted octanol–water partition coefficient (Wildman–Crippen LogP) is 1.32. The van der Waals surface area contributed by atoms with Crippen molar-refractivity contribution < 1.29 is 4.79 Å². The molecular formula is C16H18N4O2. The van der Waals surface area contributed by atoms with Gasteiger partial charge >= 0.3 is 0 Å². The molecule has 1 fully saturated rings. The maximum absolute atomic E-state index is 12.3. The highest BCUT2D eigenvalue weighted by molar-refractivity contribution is 5.76. The Morgan fingerprint density at radius 3 is 2.68 bits per heavy atom. The van der Waals surface area contributed by atoms with Crippen LogP contribution in [0.5, 0.6) is 0 Å². The van der Waals surface area contributed by atoms with Gasteiger partial charge in [0.25, 0.3) is 5.56 Å². The van der Waals surface area contributed by atoms with E-state index in [0.717, 1.165) is 31.5 Å². The quantitative estimate of drug-likeness (QED) is 0.857. The molecule has 0 radical (unpaired) electrons. The summed E-state index contributed by atoms with van der Waals surface area (Å²) in [5, 5.41) is 4.29. The molecule has 6 heteroatoms. The minimum absolute atomic E-state index is 0.00701. The largest absolute Gasteiger partial charge is 0.341 e. The molecule has 0 N–H and O–H groups in total. The maximum atomic E-state index is 12.3. The smallest absolute Gasteiger partial charge is 0.267 e. The summed E-state index contributed by atoms with van der Waals surface area (Å²) in [6.07, 6.45) is 6.59. The number of hydrogen-bond acceptors (Lipinski definition) is 4. The van der Waals surface area contributed by atoms with E-state index in [1.165, 1.54) is 17.2 Å². The van der Waals surface area contributed by atoms with Gasteiger partial charge in [-0.05, 0) is 37.5 Å². The van der Waals surface area contributed by atoms with E-state index in [-0.39, 0.29) is 18.0 Å². The first kappa shape index (κ1) is 14.4. The van der Waals surface area contributed by atoms with Crippen LogP contribution in [0.4, 0.5) is 0 Å². The monoisotopic (exact) mass is 298 g/mol. The topological polar surface area (TPSA) is 68.1 Å². The van der Waals surface area contributed by atoms with Gasteiger partial charge in [-0.3, -0.25) is 14.6 Å². The summed E-state index contributed by atoms with van der Waals surface area (Å²) in [4.78, 5) is 30.1. The molecule has 0 bridgehead atoms. The molecule has 0 unspecified atom stereocenters. The van der Waals surface area contributed by atoms with Gasteiger partial charge in [0.2, 0.25) is 5.91 Å². The van der Waals surface area contributed by atoms with E-state index in [2.05, 4.69) is 10.1 Å². The number of carbonyl (C=O) groups excluding carboxylic acids is 1. The van der Waals surface area contributed by atoms with Gasteiger partial charge in [-0.2, -0.15) is 5.10 Å². The lowest BCUT2D eigenvalue weighted by Crippen LogP contribution is -2.40. The fourth-order valence-corrected chi connectivity index (χ4v) is 2.60. The molecule has 6 nitrogen and oxygen atoms in total. The Morgan fingerprint density at radius 1 is 1.14 bits per heavy atom. The highest BCUT2D eigenvalue weighted by Crippen LogP contribution is 2.13. The first-order valence-corrected chi connectivity index (χ1v) is 7.50. The summed E-state index contributed by atoms with van der Waals surface area (Å²) < 4.78 is 1.24. The second-order valence-corrected chi connectivity index (χ2v) is 5.40. The lowest BCUT2D eigenvalue weighted by Gasteiger charge is -2.26. The summed E-state index contributed by atoms with van der Waals surface area (Å²) >= 11 is 0. The molecular weight excluding hydrogens is 280 g/mol. The zero-order valence-electron chi connectivity index (χ0n) is 12.3. The summed E-state index contributed by atoms with van der Waals surface area (Å²) in [6.45, 7) is 1.54. The Hall–Kier alpha value is -2.50. The van der Waals surface area contributed by atoms with Crippen molar-refractivity contribution >= 4 is 5.91 Å². The van der Waals surface area contributed by atoms with Crippen LogP contribution in [0, 0.1) is 0 Å². The molecule has 0 spiro atoms. The Morgan fingerprint density at radius 2 is 1.95 bits per heavy atom. The average molecular weight is 298 g/mol. The number of carbonyl (C=O) groups is 1. The van der Waals surface area contributed by atoms with Gasteiger partial charge in [-0.25, -0.2) is 4.68 Å². The van der Waals surface area contributed by atoms with Crippen LogP contribution in [-0.4, -0.2) is 38.7 Å². The SMILES string of the molecule is O=C(Cn1nc(-c2cccnc2)ccc1=O)N1CCCCC1. The fourth-order valence-electron chi connectivity index (χ4n) is 2.60. The van der Waals surface area contributed by atoms with Crippen molar-refractivity contribution in [3.8, 4) is 11.3 Å². The molecule has 3 rings (SSSR count). The molecule has 2 aromatic rings. The van der Waals surface area contributed by atoms with E-state index in [1.807, 2.05) is 17.0 Å². The van der Waals surface area contributed by atoms with Crippen molar-refractivity contribution in [3.05, 3.63) is 47.0 Å². The Labute approximate surface area is 128 Å². The standard InChI is InChI=1S/C16H18N4O2/c21-15-7-6-14(13-5-4-8-17-11-13)18-20(15)12-16(22)19-9-2-1-3-10-19/h4-8,11H,1-3,9-10,12H2. The van der Waals surface area contributed by atoms with Crippen LogP contribution in [0.3, 0.4) is 0 Å². The molecule has 0 aromatic carbocycles. The molecule has 1 amide bonds. The molecule has 114 valence electrons. The van der Waals surface area contributed by atoms with E-state index in [9.17, 15) is 9.59 Å². The van der Waals surface area contributed by atoms with E-state index in [0.29, 0.717) is 5.69 Å². The molecule has 1 aliphatic rings. The maximum Gasteiger partial charge on any atom is 0.267 e. The van der Waals surface area contributed by atoms with Gasteiger partial charge in [0.05, 0.1) is 5.69 Å². The minimum Gasteiger partial charge on any atom is -0.341 e. The third-order valence-corrected chi connectivity index (χ3v) is 3.82. The van der Waals surface area contributed by atoms with Gasteiger partial charge < -0.3 is 4.90 Å². The van der Waals surface area contributed by atoms with Gasteiger partial charge in [-0.15, -0.1) is 0 Å². The number of piperidine rings is 1. The van der Waals surface area contributed by atoms with Gasteiger partial charge in [0.1, 0.15) is 6.54 Å². The third-order valence-electron chi connectivity index (χ3n) is 3.82. The summed E-state index contributed by atoms with van der Waals surface area (Å²) in [7, 11) is 0. The number of rotatable bonds is 3. The highest BCUT2D eigenvalue weighted by Gasteiger charge is 2.17. The van der Waals surface area contributed by atoms with Crippen LogP contribution >= 0.6 is 0 Å². The summed E-state index contributed by atoms with van der Waals surface area (Å²) in [5.74, 6) is -0.0439. The van der Waals surface area contributed by atoms with Gasteiger partial charge in [0.15, 0.2) is 0 Å². The number of hydrogen-bond donors (Lipinski definition) is 0. The van der Waals surface area contributed by atoms with Crippen molar-refractivity contribution in [2.24, 2.45) is 0 Å². The van der Waals surface area contributed by atoms with E-state index in [4.69, 9.17) is 0 Å². The first-order chi connectivity index (χ1) is 10.7. The van der Waals surface area contributed by atoms with Crippen LogP contribution in [0.25, 0.3) is 11.3 Å². The molecule has 1 aliphatic heterocycles. The highest BCUT2D eigenvalue weighted by atomic mass is 16.2. The Bertz CT molecular complexity index is 706. The number of likely N-dealkylation sites (tertiary alicyclic amines) is 1. The second kappa shape index (κ2) is 6.51. The van der Waals surface area contributed by atoms with Crippen molar-refractivity contribution in [1.82, 2.24) is 19.7 Å². The zero-order valence-corrected chi connectivity index (χ0v) is 12.3. The lowest BCUT2D eigenvalue weighted by atomic mass is 10.1. The van der Waals surface area contributed by atoms with E-state index < -0.39 is 0 Å². The van der Waals surface area contributed by atoms with Crippen molar-refractivity contribution in [1.29, 1.82) is 0 Å². The molecule has 22 heavy (non-hydrogen) atoms. The van der Waals surface area contributed by atoms with Crippen LogP contribution in [0.2, 0.25) is 0 Å². The normalized spacial score (nSPS) is 14.8. The van der Waals surface area contributed by atoms with Crippen LogP contribution in [-0.2, 0) is 11.3 Å². The van der Waals surface area contributed by atoms with Crippen molar-refractivity contribution in [2.75, 3.05) is 13.1 Å². The second-order valence-electron chi connectivity index (χ2n) is 5.40. The number of amides is 1. The molecule has 0 aliphatic carbocycles.